The molecule has 1 atom stereocenters. The second-order valence-corrected chi connectivity index (χ2v) is 5.97. The molecule has 0 radical (unpaired) electrons. The van der Waals surface area contributed by atoms with E-state index in [0.29, 0.717) is 18.0 Å². The maximum absolute atomic E-state index is 12.2. The Kier molecular flexibility index (Phi) is 4.48. The molecule has 9 nitrogen and oxygen atoms in total. The van der Waals surface area contributed by atoms with Crippen LogP contribution < -0.4 is 15.6 Å². The van der Waals surface area contributed by atoms with E-state index in [2.05, 4.69) is 26.3 Å². The highest BCUT2D eigenvalue weighted by Gasteiger charge is 2.29. The third-order valence-corrected chi connectivity index (χ3v) is 4.03. The second-order valence-electron chi connectivity index (χ2n) is 5.97. The minimum absolute atomic E-state index is 0.175. The largest absolute Gasteiger partial charge is 0.480 e. The summed E-state index contributed by atoms with van der Waals surface area (Å²) in [5.74, 6) is 0.209. The van der Waals surface area contributed by atoms with Crippen LogP contribution in [0.15, 0.2) is 54.6 Å². The normalized spacial score (nSPS) is 14.9. The minimum atomic E-state index is -0.670. The van der Waals surface area contributed by atoms with E-state index >= 15 is 0 Å². The molecule has 136 valence electrons. The molecule has 0 aliphatic carbocycles. The van der Waals surface area contributed by atoms with Gasteiger partial charge >= 0.3 is 0 Å². The van der Waals surface area contributed by atoms with Crippen molar-refractivity contribution in [2.24, 2.45) is 0 Å². The van der Waals surface area contributed by atoms with Crippen LogP contribution >= 0.6 is 0 Å². The van der Waals surface area contributed by atoms with Crippen LogP contribution in [0, 0.1) is 0 Å². The third kappa shape index (κ3) is 3.76. The molecule has 0 saturated carbocycles. The molecular weight excluding hydrogens is 348 g/mol. The van der Waals surface area contributed by atoms with E-state index < -0.39 is 17.9 Å². The van der Waals surface area contributed by atoms with Crippen LogP contribution in [0.25, 0.3) is 11.4 Å². The number of para-hydroxylation sites is 1. The summed E-state index contributed by atoms with van der Waals surface area (Å²) in [6.07, 6.45) is -0.208. The fourth-order valence-corrected chi connectivity index (χ4v) is 2.72. The van der Waals surface area contributed by atoms with Crippen LogP contribution in [0.4, 0.5) is 0 Å². The van der Waals surface area contributed by atoms with Gasteiger partial charge in [0.05, 0.1) is 0 Å². The summed E-state index contributed by atoms with van der Waals surface area (Å²) < 4.78 is 5.57. The Bertz CT molecular complexity index is 947. The van der Waals surface area contributed by atoms with Gasteiger partial charge in [-0.05, 0) is 16.8 Å². The van der Waals surface area contributed by atoms with Gasteiger partial charge in [-0.1, -0.05) is 48.5 Å². The summed E-state index contributed by atoms with van der Waals surface area (Å²) in [4.78, 5) is 25.3. The predicted octanol–water partition coefficient (Wildman–Crippen LogP) is 0.491. The summed E-state index contributed by atoms with van der Waals surface area (Å²) in [6, 6.07) is 16.8. The maximum atomic E-state index is 12.2. The first-order valence-corrected chi connectivity index (χ1v) is 8.35. The van der Waals surface area contributed by atoms with Crippen molar-refractivity contribution >= 4 is 11.8 Å². The summed E-state index contributed by atoms with van der Waals surface area (Å²) in [6.45, 7) is -0.175. The van der Waals surface area contributed by atoms with E-state index in [4.69, 9.17) is 4.74 Å². The van der Waals surface area contributed by atoms with E-state index in [1.54, 1.807) is 0 Å². The van der Waals surface area contributed by atoms with Crippen LogP contribution in [-0.2, 0) is 22.6 Å². The molecule has 2 heterocycles. The number of aromatic nitrogens is 4. The van der Waals surface area contributed by atoms with Gasteiger partial charge in [-0.25, -0.2) is 0 Å². The zero-order valence-electron chi connectivity index (χ0n) is 14.2. The number of hydrogen-bond donors (Lipinski definition) is 2. The number of fused-ring (bicyclic) bond motifs is 1. The number of hydrazine groups is 1. The monoisotopic (exact) mass is 364 g/mol. The molecule has 0 bridgehead atoms. The number of rotatable bonds is 4. The average molecular weight is 364 g/mol. The fourth-order valence-electron chi connectivity index (χ4n) is 2.72. The molecule has 0 unspecified atom stereocenters. The number of carbonyl (C=O) groups is 2. The lowest BCUT2D eigenvalue weighted by Crippen LogP contribution is -2.48. The lowest BCUT2D eigenvalue weighted by molar-refractivity contribution is -0.133. The molecule has 2 N–H and O–H groups in total. The molecule has 1 aliphatic heterocycles. The molecule has 27 heavy (non-hydrogen) atoms. The molecule has 0 spiro atoms. The molecule has 2 amide bonds. The van der Waals surface area contributed by atoms with Crippen molar-refractivity contribution < 1.29 is 14.3 Å². The Morgan fingerprint density at radius 2 is 1.85 bits per heavy atom. The SMILES string of the molecule is O=C(Cn1nnc(-c2ccccc2)n1)NNC(=O)[C@@H]1Cc2ccccc2O1. The van der Waals surface area contributed by atoms with Crippen molar-refractivity contribution in [1.29, 1.82) is 0 Å². The number of nitrogens with one attached hydrogen (secondary N) is 2. The number of amides is 2. The molecule has 4 rings (SSSR count). The van der Waals surface area contributed by atoms with Gasteiger partial charge < -0.3 is 4.74 Å². The number of carbonyl (C=O) groups excluding carboxylic acids is 2. The Morgan fingerprint density at radius 3 is 2.67 bits per heavy atom. The first-order valence-electron chi connectivity index (χ1n) is 8.35. The Morgan fingerprint density at radius 1 is 1.07 bits per heavy atom. The van der Waals surface area contributed by atoms with Gasteiger partial charge in [0.1, 0.15) is 12.3 Å². The lowest BCUT2D eigenvalue weighted by atomic mass is 10.1. The van der Waals surface area contributed by atoms with E-state index in [1.165, 1.54) is 0 Å². The maximum Gasteiger partial charge on any atom is 0.279 e. The molecule has 1 aromatic heterocycles. The highest BCUT2D eigenvalue weighted by molar-refractivity contribution is 5.85. The number of tetrazole rings is 1. The molecule has 9 heteroatoms. The number of ether oxygens (including phenoxy) is 1. The summed E-state index contributed by atoms with van der Waals surface area (Å²) >= 11 is 0. The van der Waals surface area contributed by atoms with Gasteiger partial charge in [-0.15, -0.1) is 10.2 Å². The van der Waals surface area contributed by atoms with E-state index in [9.17, 15) is 9.59 Å². The lowest BCUT2D eigenvalue weighted by Gasteiger charge is -2.11. The van der Waals surface area contributed by atoms with E-state index in [-0.39, 0.29) is 6.54 Å². The molecule has 1 aliphatic rings. The number of nitrogens with zero attached hydrogens (tertiary/aromatic N) is 4. The predicted molar refractivity (Wildman–Crippen MR) is 94.1 cm³/mol. The van der Waals surface area contributed by atoms with Gasteiger partial charge in [0.25, 0.3) is 11.8 Å². The smallest absolute Gasteiger partial charge is 0.279 e. The fraction of sp³-hybridized carbons (Fsp3) is 0.167. The summed E-state index contributed by atoms with van der Waals surface area (Å²) in [5, 5.41) is 11.9. The Balaban J connectivity index is 1.28. The molecular formula is C18H16N6O3. The highest BCUT2D eigenvalue weighted by Crippen LogP contribution is 2.27. The van der Waals surface area contributed by atoms with Crippen molar-refractivity contribution in [3.05, 3.63) is 60.2 Å². The van der Waals surface area contributed by atoms with Crippen LogP contribution in [0.5, 0.6) is 5.75 Å². The first-order chi connectivity index (χ1) is 13.2. The zero-order chi connectivity index (χ0) is 18.6. The van der Waals surface area contributed by atoms with Crippen molar-refractivity contribution in [3.8, 4) is 17.1 Å². The first kappa shape index (κ1) is 16.7. The number of hydrogen-bond acceptors (Lipinski definition) is 6. The quantitative estimate of drug-likeness (QED) is 0.652. The van der Waals surface area contributed by atoms with Gasteiger partial charge in [-0.2, -0.15) is 4.80 Å². The topological polar surface area (TPSA) is 111 Å². The van der Waals surface area contributed by atoms with Crippen LogP contribution in [0.1, 0.15) is 5.56 Å². The van der Waals surface area contributed by atoms with Crippen molar-refractivity contribution in [3.63, 3.8) is 0 Å². The van der Waals surface area contributed by atoms with E-state index in [0.717, 1.165) is 15.9 Å². The van der Waals surface area contributed by atoms with E-state index in [1.807, 2.05) is 54.6 Å². The molecule has 3 aromatic rings. The minimum Gasteiger partial charge on any atom is -0.480 e. The van der Waals surface area contributed by atoms with Gasteiger partial charge in [0.15, 0.2) is 6.10 Å². The van der Waals surface area contributed by atoms with Crippen LogP contribution in [0.2, 0.25) is 0 Å². The Hall–Kier alpha value is -3.75. The average Bonchev–Trinajstić information content (AvgIpc) is 3.33. The van der Waals surface area contributed by atoms with Gasteiger partial charge in [0.2, 0.25) is 5.82 Å². The summed E-state index contributed by atoms with van der Waals surface area (Å²) in [5.41, 5.74) is 6.47. The number of benzene rings is 2. The van der Waals surface area contributed by atoms with Crippen molar-refractivity contribution in [2.75, 3.05) is 0 Å². The van der Waals surface area contributed by atoms with Crippen molar-refractivity contribution in [1.82, 2.24) is 31.1 Å². The molecule has 0 fully saturated rings. The standard InChI is InChI=1S/C18H16N6O3/c25-16(11-24-22-17(20-23-24)12-6-2-1-3-7-12)19-21-18(26)15-10-13-8-4-5-9-14(13)27-15/h1-9,15H,10-11H2,(H,19,25)(H,21,26)/t15-/m0/s1. The summed E-state index contributed by atoms with van der Waals surface area (Å²) in [7, 11) is 0. The molecule has 2 aromatic carbocycles. The third-order valence-electron chi connectivity index (χ3n) is 4.03. The highest BCUT2D eigenvalue weighted by atomic mass is 16.5. The second kappa shape index (κ2) is 7.24. The van der Waals surface area contributed by atoms with Gasteiger partial charge in [-0.3, -0.25) is 20.4 Å². The molecule has 0 saturated heterocycles. The van der Waals surface area contributed by atoms with Crippen molar-refractivity contribution in [2.45, 2.75) is 19.1 Å². The zero-order valence-corrected chi connectivity index (χ0v) is 14.2. The van der Waals surface area contributed by atoms with Gasteiger partial charge in [0, 0.05) is 12.0 Å². The Labute approximate surface area is 154 Å². The van der Waals surface area contributed by atoms with Crippen LogP contribution in [-0.4, -0.2) is 38.1 Å². The van der Waals surface area contributed by atoms with Crippen LogP contribution in [0.3, 0.4) is 0 Å².